The van der Waals surface area contributed by atoms with Crippen molar-refractivity contribution in [1.29, 1.82) is 0 Å². The maximum atomic E-state index is 12.6. The van der Waals surface area contributed by atoms with Gasteiger partial charge in [-0.25, -0.2) is 0 Å². The van der Waals surface area contributed by atoms with Gasteiger partial charge < -0.3 is 9.64 Å². The lowest BCUT2D eigenvalue weighted by Crippen LogP contribution is -2.28. The lowest BCUT2D eigenvalue weighted by atomic mass is 9.96. The van der Waals surface area contributed by atoms with E-state index in [1.807, 2.05) is 30.3 Å². The smallest absolute Gasteiger partial charge is 0.311 e. The van der Waals surface area contributed by atoms with Gasteiger partial charge >= 0.3 is 5.97 Å². The van der Waals surface area contributed by atoms with Crippen molar-refractivity contribution in [3.05, 3.63) is 65.7 Å². The first-order valence-corrected chi connectivity index (χ1v) is 9.65. The number of esters is 1. The molecule has 1 aliphatic heterocycles. The fourth-order valence-corrected chi connectivity index (χ4v) is 3.43. The molecular weight excluding hydrogens is 354 g/mol. The number of carbonyl (C=O) groups excluding carboxylic acids is 3. The highest BCUT2D eigenvalue weighted by molar-refractivity contribution is 6.01. The Labute approximate surface area is 165 Å². The third-order valence-corrected chi connectivity index (χ3v) is 5.27. The second kappa shape index (κ2) is 8.83. The monoisotopic (exact) mass is 379 g/mol. The molecule has 1 heterocycles. The first-order chi connectivity index (χ1) is 13.5. The molecule has 1 fully saturated rings. The van der Waals surface area contributed by atoms with Crippen LogP contribution in [0.15, 0.2) is 54.6 Å². The molecule has 1 aliphatic rings. The molecule has 0 N–H and O–H groups in total. The zero-order chi connectivity index (χ0) is 20.1. The third-order valence-electron chi connectivity index (χ3n) is 5.27. The second-order valence-electron chi connectivity index (χ2n) is 7.17. The normalized spacial score (nSPS) is 17.4. The van der Waals surface area contributed by atoms with Gasteiger partial charge in [0.2, 0.25) is 5.91 Å². The summed E-state index contributed by atoms with van der Waals surface area (Å²) in [6, 6.07) is 16.5. The van der Waals surface area contributed by atoms with Gasteiger partial charge in [-0.15, -0.1) is 0 Å². The van der Waals surface area contributed by atoms with Crippen LogP contribution in [0.3, 0.4) is 0 Å². The molecule has 0 aliphatic carbocycles. The maximum absolute atomic E-state index is 12.6. The molecule has 5 heteroatoms. The molecule has 146 valence electrons. The van der Waals surface area contributed by atoms with Crippen molar-refractivity contribution in [3.63, 3.8) is 0 Å². The largest absolute Gasteiger partial charge is 0.457 e. The molecule has 0 saturated carbocycles. The summed E-state index contributed by atoms with van der Waals surface area (Å²) in [5.74, 6) is -1.08. The zero-order valence-corrected chi connectivity index (χ0v) is 16.3. The van der Waals surface area contributed by atoms with Gasteiger partial charge in [0.15, 0.2) is 12.4 Å². The van der Waals surface area contributed by atoms with E-state index in [0.717, 1.165) is 17.7 Å². The zero-order valence-electron chi connectivity index (χ0n) is 16.3. The van der Waals surface area contributed by atoms with Crippen LogP contribution >= 0.6 is 0 Å². The van der Waals surface area contributed by atoms with Crippen LogP contribution in [-0.2, 0) is 14.3 Å². The SMILES string of the molecule is CC[C@@H](C)c1ccccc1N1C[C@H](C(=O)OCC(=O)c2ccccc2)CC1=O. The fraction of sp³-hybridized carbons (Fsp3) is 0.348. The number of benzene rings is 2. The summed E-state index contributed by atoms with van der Waals surface area (Å²) >= 11 is 0. The van der Waals surface area contributed by atoms with E-state index < -0.39 is 11.9 Å². The van der Waals surface area contributed by atoms with Gasteiger partial charge in [-0.3, -0.25) is 14.4 Å². The molecular formula is C23H25NO4. The Morgan fingerprint density at radius 2 is 1.79 bits per heavy atom. The molecule has 0 aromatic heterocycles. The molecule has 0 unspecified atom stereocenters. The summed E-state index contributed by atoms with van der Waals surface area (Å²) in [7, 11) is 0. The average Bonchev–Trinajstić information content (AvgIpc) is 3.13. The van der Waals surface area contributed by atoms with Gasteiger partial charge in [-0.2, -0.15) is 0 Å². The van der Waals surface area contributed by atoms with E-state index in [4.69, 9.17) is 4.74 Å². The number of anilines is 1. The van der Waals surface area contributed by atoms with Crippen LogP contribution in [0.5, 0.6) is 0 Å². The van der Waals surface area contributed by atoms with Crippen molar-refractivity contribution in [2.24, 2.45) is 5.92 Å². The summed E-state index contributed by atoms with van der Waals surface area (Å²) in [6.45, 7) is 4.21. The quantitative estimate of drug-likeness (QED) is 0.539. The molecule has 1 amide bonds. The minimum Gasteiger partial charge on any atom is -0.457 e. The molecule has 0 spiro atoms. The molecule has 5 nitrogen and oxygen atoms in total. The van der Waals surface area contributed by atoms with Crippen LogP contribution < -0.4 is 4.90 Å². The van der Waals surface area contributed by atoms with E-state index >= 15 is 0 Å². The summed E-state index contributed by atoms with van der Waals surface area (Å²) < 4.78 is 5.21. The number of ketones is 1. The van der Waals surface area contributed by atoms with Crippen molar-refractivity contribution in [2.75, 3.05) is 18.1 Å². The van der Waals surface area contributed by atoms with Crippen molar-refractivity contribution in [3.8, 4) is 0 Å². The number of para-hydroxylation sites is 1. The van der Waals surface area contributed by atoms with E-state index in [2.05, 4.69) is 13.8 Å². The van der Waals surface area contributed by atoms with Crippen LogP contribution in [0.4, 0.5) is 5.69 Å². The number of hydrogen-bond acceptors (Lipinski definition) is 4. The van der Waals surface area contributed by atoms with Crippen LogP contribution in [0.2, 0.25) is 0 Å². The molecule has 3 rings (SSSR count). The van der Waals surface area contributed by atoms with Crippen LogP contribution in [-0.4, -0.2) is 30.8 Å². The highest BCUT2D eigenvalue weighted by atomic mass is 16.5. The molecule has 2 aromatic rings. The topological polar surface area (TPSA) is 63.7 Å². The van der Waals surface area contributed by atoms with Gasteiger partial charge in [0.05, 0.1) is 5.92 Å². The Kier molecular flexibility index (Phi) is 6.24. The number of Topliss-reactive ketones (excluding diaryl/α,β-unsaturated/α-hetero) is 1. The van der Waals surface area contributed by atoms with Crippen molar-refractivity contribution in [2.45, 2.75) is 32.6 Å². The lowest BCUT2D eigenvalue weighted by molar-refractivity contribution is -0.147. The lowest BCUT2D eigenvalue weighted by Gasteiger charge is -2.23. The minimum absolute atomic E-state index is 0.0907. The Bertz CT molecular complexity index is 862. The van der Waals surface area contributed by atoms with Crippen molar-refractivity contribution < 1.29 is 19.1 Å². The maximum Gasteiger partial charge on any atom is 0.311 e. The summed E-state index contributed by atoms with van der Waals surface area (Å²) in [5, 5.41) is 0. The molecule has 2 atom stereocenters. The predicted molar refractivity (Wildman–Crippen MR) is 107 cm³/mol. The molecule has 28 heavy (non-hydrogen) atoms. The van der Waals surface area contributed by atoms with E-state index in [1.54, 1.807) is 29.2 Å². The highest BCUT2D eigenvalue weighted by Crippen LogP contribution is 2.33. The molecule has 0 bridgehead atoms. The number of amides is 1. The number of nitrogens with zero attached hydrogens (tertiary/aromatic N) is 1. The summed E-state index contributed by atoms with van der Waals surface area (Å²) in [6.07, 6.45) is 1.07. The van der Waals surface area contributed by atoms with Crippen LogP contribution in [0.25, 0.3) is 0 Å². The standard InChI is InChI=1S/C23H25NO4/c1-3-16(2)19-11-7-8-12-20(19)24-14-18(13-22(24)26)23(27)28-15-21(25)17-9-5-4-6-10-17/h4-12,16,18H,3,13-15H2,1-2H3/t16-,18-/m1/s1. The van der Waals surface area contributed by atoms with Gasteiger partial charge in [-0.05, 0) is 24.0 Å². The number of rotatable bonds is 7. The molecule has 0 radical (unpaired) electrons. The number of hydrogen-bond donors (Lipinski definition) is 0. The number of ether oxygens (including phenoxy) is 1. The molecule has 1 saturated heterocycles. The van der Waals surface area contributed by atoms with E-state index in [1.165, 1.54) is 0 Å². The summed E-state index contributed by atoms with van der Waals surface area (Å²) in [4.78, 5) is 38.8. The Hall–Kier alpha value is -2.95. The highest BCUT2D eigenvalue weighted by Gasteiger charge is 2.37. The van der Waals surface area contributed by atoms with E-state index in [9.17, 15) is 14.4 Å². The third kappa shape index (κ3) is 4.30. The van der Waals surface area contributed by atoms with Gasteiger partial charge in [-0.1, -0.05) is 62.4 Å². The van der Waals surface area contributed by atoms with Gasteiger partial charge in [0, 0.05) is 24.2 Å². The Balaban J connectivity index is 1.65. The Morgan fingerprint density at radius 1 is 1.11 bits per heavy atom. The van der Waals surface area contributed by atoms with Crippen LogP contribution in [0.1, 0.15) is 48.5 Å². The minimum atomic E-state index is -0.555. The van der Waals surface area contributed by atoms with Crippen molar-refractivity contribution >= 4 is 23.3 Å². The average molecular weight is 379 g/mol. The summed E-state index contributed by atoms with van der Waals surface area (Å²) in [5.41, 5.74) is 2.46. The van der Waals surface area contributed by atoms with Crippen molar-refractivity contribution in [1.82, 2.24) is 0 Å². The van der Waals surface area contributed by atoms with E-state index in [0.29, 0.717) is 11.5 Å². The first-order valence-electron chi connectivity index (χ1n) is 9.65. The van der Waals surface area contributed by atoms with Gasteiger partial charge in [0.25, 0.3) is 0 Å². The fourth-order valence-electron chi connectivity index (χ4n) is 3.43. The van der Waals surface area contributed by atoms with Gasteiger partial charge in [0.1, 0.15) is 0 Å². The van der Waals surface area contributed by atoms with Crippen LogP contribution in [0, 0.1) is 5.92 Å². The number of carbonyl (C=O) groups is 3. The predicted octanol–water partition coefficient (Wildman–Crippen LogP) is 3.98. The first kappa shape index (κ1) is 19.8. The Morgan fingerprint density at radius 3 is 2.50 bits per heavy atom. The van der Waals surface area contributed by atoms with E-state index in [-0.39, 0.29) is 31.3 Å². The molecule has 2 aromatic carbocycles. The second-order valence-corrected chi connectivity index (χ2v) is 7.17.